The fourth-order valence-electron chi connectivity index (χ4n) is 1.89. The molecule has 0 saturated heterocycles. The number of hydrogen-bond donors (Lipinski definition) is 1. The fraction of sp³-hybridized carbons (Fsp3) is 0.667. The lowest BCUT2D eigenvalue weighted by Crippen LogP contribution is -2.37. The second kappa shape index (κ2) is 2.25. The number of nitrogen functional groups attached to an aromatic ring is 1. The Labute approximate surface area is 72.6 Å². The first-order valence-corrected chi connectivity index (χ1v) is 4.40. The fourth-order valence-corrected chi connectivity index (χ4v) is 1.89. The van der Waals surface area contributed by atoms with E-state index in [2.05, 4.69) is 18.9 Å². The van der Waals surface area contributed by atoms with E-state index in [0.29, 0.717) is 11.5 Å². The molecule has 12 heavy (non-hydrogen) atoms. The van der Waals surface area contributed by atoms with E-state index in [1.165, 1.54) is 12.8 Å². The average Bonchev–Trinajstić information content (AvgIpc) is 2.35. The summed E-state index contributed by atoms with van der Waals surface area (Å²) < 4.78 is 1.95. The summed E-state index contributed by atoms with van der Waals surface area (Å²) in [7, 11) is 0. The third-order valence-corrected chi connectivity index (χ3v) is 2.96. The van der Waals surface area contributed by atoms with Gasteiger partial charge in [0.15, 0.2) is 0 Å². The van der Waals surface area contributed by atoms with Gasteiger partial charge in [-0.05, 0) is 24.3 Å². The van der Waals surface area contributed by atoms with Crippen LogP contribution in [0.4, 0.5) is 5.82 Å². The van der Waals surface area contributed by atoms with E-state index in [1.54, 1.807) is 6.20 Å². The topological polar surface area (TPSA) is 43.8 Å². The second-order valence-electron chi connectivity index (χ2n) is 4.24. The first-order valence-electron chi connectivity index (χ1n) is 4.40. The molecular formula is C9H15N3. The van der Waals surface area contributed by atoms with Gasteiger partial charge in [0.2, 0.25) is 0 Å². The Bertz CT molecular complexity index is 288. The molecule has 1 aromatic heterocycles. The molecule has 1 heterocycles. The van der Waals surface area contributed by atoms with Gasteiger partial charge >= 0.3 is 0 Å². The minimum Gasteiger partial charge on any atom is -0.384 e. The largest absolute Gasteiger partial charge is 0.384 e. The van der Waals surface area contributed by atoms with Crippen LogP contribution in [0.3, 0.4) is 0 Å². The highest BCUT2D eigenvalue weighted by atomic mass is 15.3. The molecule has 2 rings (SSSR count). The molecule has 1 saturated carbocycles. The lowest BCUT2D eigenvalue weighted by Gasteiger charge is -2.44. The summed E-state index contributed by atoms with van der Waals surface area (Å²) in [6.07, 6.45) is 4.25. The number of nitrogens with zero attached hydrogens (tertiary/aromatic N) is 2. The van der Waals surface area contributed by atoms with Crippen molar-refractivity contribution in [2.45, 2.75) is 32.7 Å². The second-order valence-corrected chi connectivity index (χ2v) is 4.24. The average molecular weight is 165 g/mol. The molecule has 3 heteroatoms. The van der Waals surface area contributed by atoms with Gasteiger partial charge in [0.1, 0.15) is 5.82 Å². The number of anilines is 1. The van der Waals surface area contributed by atoms with Crippen LogP contribution in [0.5, 0.6) is 0 Å². The van der Waals surface area contributed by atoms with Crippen molar-refractivity contribution < 1.29 is 0 Å². The molecule has 66 valence electrons. The first kappa shape index (κ1) is 7.65. The summed E-state index contributed by atoms with van der Waals surface area (Å²) in [6, 6.07) is 2.36. The van der Waals surface area contributed by atoms with Gasteiger partial charge in [0, 0.05) is 0 Å². The molecule has 2 N–H and O–H groups in total. The highest BCUT2D eigenvalue weighted by molar-refractivity contribution is 5.27. The van der Waals surface area contributed by atoms with Crippen LogP contribution < -0.4 is 5.73 Å². The predicted octanol–water partition coefficient (Wildman–Crippen LogP) is 1.83. The van der Waals surface area contributed by atoms with Crippen LogP contribution in [0.1, 0.15) is 32.7 Å². The predicted molar refractivity (Wildman–Crippen MR) is 48.7 cm³/mol. The van der Waals surface area contributed by atoms with Crippen molar-refractivity contribution in [2.24, 2.45) is 5.41 Å². The minimum atomic E-state index is 0.375. The maximum Gasteiger partial charge on any atom is 0.121 e. The van der Waals surface area contributed by atoms with Crippen molar-refractivity contribution in [2.75, 3.05) is 5.73 Å². The quantitative estimate of drug-likeness (QED) is 0.690. The van der Waals surface area contributed by atoms with Crippen LogP contribution in [-0.2, 0) is 0 Å². The van der Waals surface area contributed by atoms with E-state index >= 15 is 0 Å². The zero-order valence-corrected chi connectivity index (χ0v) is 7.62. The summed E-state index contributed by atoms with van der Waals surface area (Å²) in [5, 5.41) is 4.23. The van der Waals surface area contributed by atoms with E-state index in [4.69, 9.17) is 5.73 Å². The van der Waals surface area contributed by atoms with Gasteiger partial charge in [-0.15, -0.1) is 0 Å². The van der Waals surface area contributed by atoms with Crippen molar-refractivity contribution in [3.63, 3.8) is 0 Å². The molecule has 1 atom stereocenters. The molecule has 0 amide bonds. The van der Waals surface area contributed by atoms with Gasteiger partial charge in [0.25, 0.3) is 0 Å². The molecule has 0 aromatic carbocycles. The molecule has 1 aromatic rings. The van der Waals surface area contributed by atoms with Crippen LogP contribution in [0, 0.1) is 5.41 Å². The third-order valence-electron chi connectivity index (χ3n) is 2.96. The van der Waals surface area contributed by atoms with Crippen molar-refractivity contribution >= 4 is 5.82 Å². The minimum absolute atomic E-state index is 0.375. The lowest BCUT2D eigenvalue weighted by atomic mass is 9.67. The van der Waals surface area contributed by atoms with E-state index in [-0.39, 0.29) is 0 Å². The SMILES string of the molecule is CC1(C)CCC1n1nccc1N. The van der Waals surface area contributed by atoms with E-state index in [9.17, 15) is 0 Å². The molecular weight excluding hydrogens is 150 g/mol. The summed E-state index contributed by atoms with van der Waals surface area (Å²) in [5.41, 5.74) is 6.15. The van der Waals surface area contributed by atoms with Crippen LogP contribution in [-0.4, -0.2) is 9.78 Å². The normalized spacial score (nSPS) is 26.7. The van der Waals surface area contributed by atoms with E-state index in [0.717, 1.165) is 5.82 Å². The molecule has 0 aliphatic heterocycles. The van der Waals surface area contributed by atoms with Crippen LogP contribution in [0.25, 0.3) is 0 Å². The summed E-state index contributed by atoms with van der Waals surface area (Å²) in [6.45, 7) is 4.53. The molecule has 1 aliphatic rings. The van der Waals surface area contributed by atoms with E-state index in [1.807, 2.05) is 10.7 Å². The molecule has 3 nitrogen and oxygen atoms in total. The maximum atomic E-state index is 5.77. The summed E-state index contributed by atoms with van der Waals surface area (Å²) in [5.74, 6) is 0.785. The van der Waals surface area contributed by atoms with Gasteiger partial charge in [-0.2, -0.15) is 5.10 Å². The molecule has 0 bridgehead atoms. The van der Waals surface area contributed by atoms with E-state index < -0.39 is 0 Å². The zero-order chi connectivity index (χ0) is 8.77. The molecule has 1 fully saturated rings. The highest BCUT2D eigenvalue weighted by Gasteiger charge is 2.40. The Morgan fingerprint density at radius 2 is 2.42 bits per heavy atom. The smallest absolute Gasteiger partial charge is 0.121 e. The molecule has 1 unspecified atom stereocenters. The van der Waals surface area contributed by atoms with Crippen molar-refractivity contribution in [3.8, 4) is 0 Å². The van der Waals surface area contributed by atoms with Gasteiger partial charge in [-0.25, -0.2) is 4.68 Å². The van der Waals surface area contributed by atoms with Crippen molar-refractivity contribution in [1.29, 1.82) is 0 Å². The van der Waals surface area contributed by atoms with Gasteiger partial charge in [0.05, 0.1) is 12.2 Å². The number of hydrogen-bond acceptors (Lipinski definition) is 2. The molecule has 0 radical (unpaired) electrons. The Balaban J connectivity index is 2.27. The van der Waals surface area contributed by atoms with Crippen molar-refractivity contribution in [3.05, 3.63) is 12.3 Å². The maximum absolute atomic E-state index is 5.77. The Hall–Kier alpha value is -0.990. The Morgan fingerprint density at radius 1 is 1.67 bits per heavy atom. The zero-order valence-electron chi connectivity index (χ0n) is 7.62. The number of aromatic nitrogens is 2. The molecule has 1 aliphatic carbocycles. The Kier molecular flexibility index (Phi) is 1.43. The van der Waals surface area contributed by atoms with Gasteiger partial charge < -0.3 is 5.73 Å². The number of rotatable bonds is 1. The van der Waals surface area contributed by atoms with Crippen LogP contribution >= 0.6 is 0 Å². The highest BCUT2D eigenvalue weighted by Crippen LogP contribution is 2.49. The molecule has 0 spiro atoms. The third kappa shape index (κ3) is 0.924. The van der Waals surface area contributed by atoms with Gasteiger partial charge in [-0.1, -0.05) is 13.8 Å². The van der Waals surface area contributed by atoms with Crippen molar-refractivity contribution in [1.82, 2.24) is 9.78 Å². The monoisotopic (exact) mass is 165 g/mol. The van der Waals surface area contributed by atoms with Crippen LogP contribution in [0.2, 0.25) is 0 Å². The summed E-state index contributed by atoms with van der Waals surface area (Å²) >= 11 is 0. The first-order chi connectivity index (χ1) is 5.61. The van der Waals surface area contributed by atoms with Gasteiger partial charge in [-0.3, -0.25) is 0 Å². The summed E-state index contributed by atoms with van der Waals surface area (Å²) in [4.78, 5) is 0. The standard InChI is InChI=1S/C9H15N3/c1-9(2)5-3-7(9)12-8(10)4-6-11-12/h4,6-7H,3,5,10H2,1-2H3. The number of nitrogens with two attached hydrogens (primary N) is 1. The lowest BCUT2D eigenvalue weighted by molar-refractivity contribution is 0.0734. The Morgan fingerprint density at radius 3 is 2.75 bits per heavy atom. The van der Waals surface area contributed by atoms with Crippen LogP contribution in [0.15, 0.2) is 12.3 Å².